The van der Waals surface area contributed by atoms with Crippen molar-refractivity contribution < 1.29 is 4.79 Å². The fourth-order valence-corrected chi connectivity index (χ4v) is 2.64. The highest BCUT2D eigenvalue weighted by atomic mass is 79.9. The van der Waals surface area contributed by atoms with E-state index in [0.717, 1.165) is 21.3 Å². The van der Waals surface area contributed by atoms with Crippen molar-refractivity contribution in [2.24, 2.45) is 0 Å². The summed E-state index contributed by atoms with van der Waals surface area (Å²) < 4.78 is 0.857. The van der Waals surface area contributed by atoms with Gasteiger partial charge in [-0.15, -0.1) is 0 Å². The van der Waals surface area contributed by atoms with Gasteiger partial charge in [0.2, 0.25) is 0 Å². The summed E-state index contributed by atoms with van der Waals surface area (Å²) in [6.07, 6.45) is 0. The third kappa shape index (κ3) is 3.45. The van der Waals surface area contributed by atoms with Gasteiger partial charge >= 0.3 is 0 Å². The lowest BCUT2D eigenvalue weighted by atomic mass is 9.98. The van der Waals surface area contributed by atoms with Crippen molar-refractivity contribution >= 4 is 33.2 Å². The lowest BCUT2D eigenvalue weighted by Gasteiger charge is -2.17. The molecule has 0 saturated heterocycles. The molecule has 0 bridgehead atoms. The summed E-state index contributed by atoms with van der Waals surface area (Å²) in [4.78, 5) is 12.5. The largest absolute Gasteiger partial charge is 0.398 e. The zero-order valence-corrected chi connectivity index (χ0v) is 14.0. The Morgan fingerprint density at radius 1 is 1.24 bits per heavy atom. The number of halogens is 1. The molecule has 0 saturated carbocycles. The van der Waals surface area contributed by atoms with Crippen molar-refractivity contribution in [3.05, 3.63) is 57.6 Å². The molecule has 0 spiro atoms. The topological polar surface area (TPSA) is 55.1 Å². The first-order valence-corrected chi connectivity index (χ1v) is 7.65. The Bertz CT molecular complexity index is 680. The SMILES string of the molecule is Cc1cccc(C(C)C)c1NC(=O)c1ccc(Br)cc1N. The van der Waals surface area contributed by atoms with E-state index in [9.17, 15) is 4.79 Å². The van der Waals surface area contributed by atoms with Crippen LogP contribution in [0.2, 0.25) is 0 Å². The molecule has 110 valence electrons. The van der Waals surface area contributed by atoms with Crippen molar-refractivity contribution in [1.29, 1.82) is 0 Å². The molecule has 0 heterocycles. The van der Waals surface area contributed by atoms with Crippen LogP contribution in [-0.4, -0.2) is 5.91 Å². The molecule has 2 rings (SSSR count). The van der Waals surface area contributed by atoms with E-state index in [0.29, 0.717) is 17.2 Å². The van der Waals surface area contributed by atoms with Crippen LogP contribution in [0.15, 0.2) is 40.9 Å². The fourth-order valence-electron chi connectivity index (χ4n) is 2.26. The summed E-state index contributed by atoms with van der Waals surface area (Å²) in [5.74, 6) is 0.152. The maximum atomic E-state index is 12.5. The van der Waals surface area contributed by atoms with Gasteiger partial charge in [0.05, 0.1) is 5.56 Å². The van der Waals surface area contributed by atoms with E-state index in [1.165, 1.54) is 0 Å². The number of carbonyl (C=O) groups is 1. The Labute approximate surface area is 133 Å². The summed E-state index contributed by atoms with van der Waals surface area (Å²) >= 11 is 3.34. The Hall–Kier alpha value is -1.81. The predicted octanol–water partition coefficient (Wildman–Crippen LogP) is 4.72. The third-order valence-electron chi connectivity index (χ3n) is 3.42. The number of benzene rings is 2. The number of carbonyl (C=O) groups excluding carboxylic acids is 1. The Balaban J connectivity index is 2.36. The first kappa shape index (κ1) is 15.6. The number of aryl methyl sites for hydroxylation is 1. The van der Waals surface area contributed by atoms with Crippen LogP contribution in [0.5, 0.6) is 0 Å². The van der Waals surface area contributed by atoms with Gasteiger partial charge in [0, 0.05) is 15.8 Å². The number of hydrogen-bond donors (Lipinski definition) is 2. The molecule has 2 aromatic carbocycles. The molecule has 0 aromatic heterocycles. The molecule has 21 heavy (non-hydrogen) atoms. The molecule has 3 N–H and O–H groups in total. The highest BCUT2D eigenvalue weighted by molar-refractivity contribution is 9.10. The van der Waals surface area contributed by atoms with E-state index >= 15 is 0 Å². The first-order valence-electron chi connectivity index (χ1n) is 6.86. The van der Waals surface area contributed by atoms with Crippen molar-refractivity contribution in [1.82, 2.24) is 0 Å². The van der Waals surface area contributed by atoms with Crippen LogP contribution in [0.1, 0.15) is 41.3 Å². The molecule has 1 amide bonds. The molecule has 0 radical (unpaired) electrons. The third-order valence-corrected chi connectivity index (χ3v) is 3.92. The van der Waals surface area contributed by atoms with Crippen LogP contribution in [-0.2, 0) is 0 Å². The van der Waals surface area contributed by atoms with Gasteiger partial charge in [0.15, 0.2) is 0 Å². The summed E-state index contributed by atoms with van der Waals surface area (Å²) in [5.41, 5.74) is 9.91. The predicted molar refractivity (Wildman–Crippen MR) is 91.8 cm³/mol. The smallest absolute Gasteiger partial charge is 0.257 e. The number of nitrogen functional groups attached to an aromatic ring is 1. The Morgan fingerprint density at radius 3 is 2.57 bits per heavy atom. The van der Waals surface area contributed by atoms with E-state index in [4.69, 9.17) is 5.73 Å². The molecule has 0 atom stereocenters. The van der Waals surface area contributed by atoms with Gasteiger partial charge in [0.25, 0.3) is 5.91 Å². The number of para-hydroxylation sites is 1. The number of nitrogens with two attached hydrogens (primary N) is 1. The normalized spacial score (nSPS) is 10.7. The van der Waals surface area contributed by atoms with Crippen LogP contribution < -0.4 is 11.1 Å². The van der Waals surface area contributed by atoms with Gasteiger partial charge in [-0.25, -0.2) is 0 Å². The van der Waals surface area contributed by atoms with E-state index in [2.05, 4.69) is 35.1 Å². The minimum atomic E-state index is -0.184. The lowest BCUT2D eigenvalue weighted by Crippen LogP contribution is -2.16. The van der Waals surface area contributed by atoms with Crippen molar-refractivity contribution in [3.63, 3.8) is 0 Å². The monoisotopic (exact) mass is 346 g/mol. The van der Waals surface area contributed by atoms with Gasteiger partial charge in [0.1, 0.15) is 0 Å². The van der Waals surface area contributed by atoms with E-state index in [1.807, 2.05) is 31.2 Å². The average Bonchev–Trinajstić information content (AvgIpc) is 2.40. The molecule has 0 unspecified atom stereocenters. The zero-order valence-electron chi connectivity index (χ0n) is 12.4. The average molecular weight is 347 g/mol. The van der Waals surface area contributed by atoms with E-state index in [1.54, 1.807) is 12.1 Å². The highest BCUT2D eigenvalue weighted by Gasteiger charge is 2.15. The highest BCUT2D eigenvalue weighted by Crippen LogP contribution is 2.28. The van der Waals surface area contributed by atoms with Gasteiger partial charge in [-0.2, -0.15) is 0 Å². The van der Waals surface area contributed by atoms with Gasteiger partial charge in [-0.3, -0.25) is 4.79 Å². The van der Waals surface area contributed by atoms with Crippen LogP contribution >= 0.6 is 15.9 Å². The molecule has 4 heteroatoms. The zero-order chi connectivity index (χ0) is 15.6. The second-order valence-electron chi connectivity index (χ2n) is 5.38. The maximum absolute atomic E-state index is 12.5. The van der Waals surface area contributed by atoms with Gasteiger partial charge in [-0.1, -0.05) is 48.0 Å². The molecular weight excluding hydrogens is 328 g/mol. The second-order valence-corrected chi connectivity index (χ2v) is 6.30. The van der Waals surface area contributed by atoms with E-state index < -0.39 is 0 Å². The van der Waals surface area contributed by atoms with Crippen LogP contribution in [0, 0.1) is 6.92 Å². The number of hydrogen-bond acceptors (Lipinski definition) is 2. The molecular formula is C17H19BrN2O. The standard InChI is InChI=1S/C17H19BrN2O/c1-10(2)13-6-4-5-11(3)16(13)20-17(21)14-8-7-12(18)9-15(14)19/h4-10H,19H2,1-3H3,(H,20,21). The van der Waals surface area contributed by atoms with Crippen LogP contribution in [0.3, 0.4) is 0 Å². The van der Waals surface area contributed by atoms with Crippen molar-refractivity contribution in [2.75, 3.05) is 11.1 Å². The van der Waals surface area contributed by atoms with E-state index in [-0.39, 0.29) is 5.91 Å². The number of anilines is 2. The summed E-state index contributed by atoms with van der Waals surface area (Å²) in [5, 5.41) is 3.00. The van der Waals surface area contributed by atoms with Crippen molar-refractivity contribution in [3.8, 4) is 0 Å². The first-order chi connectivity index (χ1) is 9.90. The van der Waals surface area contributed by atoms with Crippen LogP contribution in [0.25, 0.3) is 0 Å². The summed E-state index contributed by atoms with van der Waals surface area (Å²) in [6, 6.07) is 11.3. The second kappa shape index (κ2) is 6.31. The molecule has 0 aliphatic rings. The summed E-state index contributed by atoms with van der Waals surface area (Å²) in [6.45, 7) is 6.21. The Kier molecular flexibility index (Phi) is 4.68. The summed E-state index contributed by atoms with van der Waals surface area (Å²) in [7, 11) is 0. The molecule has 3 nitrogen and oxygen atoms in total. The molecule has 0 aliphatic carbocycles. The van der Waals surface area contributed by atoms with Gasteiger partial charge in [-0.05, 0) is 42.2 Å². The minimum absolute atomic E-state index is 0.184. The van der Waals surface area contributed by atoms with Gasteiger partial charge < -0.3 is 11.1 Å². The number of amides is 1. The molecule has 0 fully saturated rings. The fraction of sp³-hybridized carbons (Fsp3) is 0.235. The molecule has 0 aliphatic heterocycles. The molecule has 2 aromatic rings. The number of nitrogens with one attached hydrogen (secondary N) is 1. The van der Waals surface area contributed by atoms with Crippen molar-refractivity contribution in [2.45, 2.75) is 26.7 Å². The quantitative estimate of drug-likeness (QED) is 0.790. The van der Waals surface area contributed by atoms with Crippen LogP contribution in [0.4, 0.5) is 11.4 Å². The lowest BCUT2D eigenvalue weighted by molar-refractivity contribution is 0.102. The number of rotatable bonds is 3. The minimum Gasteiger partial charge on any atom is -0.398 e. The maximum Gasteiger partial charge on any atom is 0.257 e. The Morgan fingerprint density at radius 2 is 1.95 bits per heavy atom.